The summed E-state index contributed by atoms with van der Waals surface area (Å²) >= 11 is 0. The molecule has 1 heterocycles. The summed E-state index contributed by atoms with van der Waals surface area (Å²) in [6.07, 6.45) is 5.84. The van der Waals surface area contributed by atoms with E-state index in [1.165, 1.54) is 25.5 Å². The van der Waals surface area contributed by atoms with Gasteiger partial charge in [0, 0.05) is 6.61 Å². The number of rotatable bonds is 2. The number of ether oxygens (including phenoxy) is 1. The maximum Gasteiger partial charge on any atom is 0.128 e. The largest absolute Gasteiger partial charge is 0.380 e. The molecule has 0 aromatic rings. The Balaban J connectivity index is 2.06. The molecule has 2 fully saturated rings. The molecule has 0 N–H and O–H groups in total. The molecule has 0 amide bonds. The van der Waals surface area contributed by atoms with E-state index in [-0.39, 0.29) is 5.41 Å². The van der Waals surface area contributed by atoms with E-state index in [1.807, 2.05) is 0 Å². The molecule has 1 aliphatic carbocycles. The molecule has 1 saturated carbocycles. The minimum absolute atomic E-state index is 0.131. The Bertz CT molecular complexity index is 231. The maximum atomic E-state index is 11.3. The molecule has 0 aromatic carbocycles. The zero-order chi connectivity index (χ0) is 10.9. The minimum Gasteiger partial charge on any atom is -0.380 e. The lowest BCUT2D eigenvalue weighted by atomic mass is 9.64. The van der Waals surface area contributed by atoms with E-state index in [4.69, 9.17) is 4.74 Å². The Morgan fingerprint density at radius 2 is 2.07 bits per heavy atom. The van der Waals surface area contributed by atoms with Gasteiger partial charge in [0.1, 0.15) is 6.29 Å². The third-order valence-electron chi connectivity index (χ3n) is 4.73. The molecule has 0 aromatic heterocycles. The first-order valence-electron chi connectivity index (χ1n) is 6.22. The third kappa shape index (κ3) is 1.96. The van der Waals surface area contributed by atoms with Gasteiger partial charge in [-0.25, -0.2) is 0 Å². The molecule has 2 aliphatic rings. The van der Waals surface area contributed by atoms with Gasteiger partial charge in [-0.05, 0) is 37.0 Å². The number of carbonyl (C=O) groups is 1. The number of hydrogen-bond acceptors (Lipinski definition) is 2. The summed E-state index contributed by atoms with van der Waals surface area (Å²) in [6.45, 7) is 6.10. The first-order valence-corrected chi connectivity index (χ1v) is 6.22. The van der Waals surface area contributed by atoms with E-state index in [1.54, 1.807) is 0 Å². The van der Waals surface area contributed by atoms with Crippen LogP contribution in [0.25, 0.3) is 0 Å². The van der Waals surface area contributed by atoms with Crippen molar-refractivity contribution >= 4 is 6.29 Å². The molecular weight excluding hydrogens is 188 g/mol. The van der Waals surface area contributed by atoms with Crippen LogP contribution in [-0.4, -0.2) is 19.5 Å². The van der Waals surface area contributed by atoms with E-state index in [2.05, 4.69) is 13.8 Å². The van der Waals surface area contributed by atoms with Crippen LogP contribution in [-0.2, 0) is 9.53 Å². The van der Waals surface area contributed by atoms with Crippen LogP contribution in [0.3, 0.4) is 0 Å². The first-order chi connectivity index (χ1) is 7.18. The van der Waals surface area contributed by atoms with Gasteiger partial charge in [0.25, 0.3) is 0 Å². The zero-order valence-corrected chi connectivity index (χ0v) is 9.87. The Kier molecular flexibility index (Phi) is 3.15. The van der Waals surface area contributed by atoms with Crippen molar-refractivity contribution in [2.45, 2.75) is 39.5 Å². The average molecular weight is 210 g/mol. The first kappa shape index (κ1) is 11.1. The number of hydrogen-bond donors (Lipinski definition) is 0. The van der Waals surface area contributed by atoms with E-state index < -0.39 is 0 Å². The third-order valence-corrected chi connectivity index (χ3v) is 4.73. The summed E-state index contributed by atoms with van der Waals surface area (Å²) in [5.41, 5.74) is -0.131. The van der Waals surface area contributed by atoms with Gasteiger partial charge in [0.2, 0.25) is 0 Å². The second-order valence-electron chi connectivity index (χ2n) is 5.62. The standard InChI is InChI=1S/C13H22O2/c1-10-3-4-12(7-11(10)2)13(8-14)5-6-15-9-13/h8,10-12H,3-7,9H2,1-2H3. The van der Waals surface area contributed by atoms with Crippen molar-refractivity contribution in [2.24, 2.45) is 23.2 Å². The highest BCUT2D eigenvalue weighted by molar-refractivity contribution is 5.60. The molecule has 1 aliphatic heterocycles. The summed E-state index contributed by atoms with van der Waals surface area (Å²) in [5, 5.41) is 0. The predicted molar refractivity (Wildman–Crippen MR) is 59.6 cm³/mol. The number of aldehydes is 1. The van der Waals surface area contributed by atoms with Gasteiger partial charge in [-0.1, -0.05) is 20.3 Å². The van der Waals surface area contributed by atoms with Crippen LogP contribution in [0.2, 0.25) is 0 Å². The monoisotopic (exact) mass is 210 g/mol. The van der Waals surface area contributed by atoms with E-state index in [0.717, 1.165) is 24.9 Å². The second kappa shape index (κ2) is 4.25. The van der Waals surface area contributed by atoms with Crippen LogP contribution >= 0.6 is 0 Å². The molecular formula is C13H22O2. The lowest BCUT2D eigenvalue weighted by Crippen LogP contribution is -2.37. The topological polar surface area (TPSA) is 26.3 Å². The molecule has 0 radical (unpaired) electrons. The van der Waals surface area contributed by atoms with Crippen molar-refractivity contribution in [3.8, 4) is 0 Å². The molecule has 15 heavy (non-hydrogen) atoms. The van der Waals surface area contributed by atoms with Gasteiger partial charge in [0.05, 0.1) is 12.0 Å². The smallest absolute Gasteiger partial charge is 0.128 e. The summed E-state index contributed by atoms with van der Waals surface area (Å²) in [7, 11) is 0. The minimum atomic E-state index is -0.131. The van der Waals surface area contributed by atoms with Crippen molar-refractivity contribution in [1.29, 1.82) is 0 Å². The van der Waals surface area contributed by atoms with Crippen molar-refractivity contribution in [2.75, 3.05) is 13.2 Å². The Labute approximate surface area is 92.4 Å². The second-order valence-corrected chi connectivity index (χ2v) is 5.62. The molecule has 0 spiro atoms. The van der Waals surface area contributed by atoms with E-state index >= 15 is 0 Å². The van der Waals surface area contributed by atoms with Gasteiger partial charge in [-0.3, -0.25) is 0 Å². The van der Waals surface area contributed by atoms with Crippen LogP contribution in [0.5, 0.6) is 0 Å². The fourth-order valence-corrected chi connectivity index (χ4v) is 3.18. The normalized spacial score (nSPS) is 46.7. The SMILES string of the molecule is CC1CCC(C2(C=O)CCOC2)CC1C. The molecule has 86 valence electrons. The van der Waals surface area contributed by atoms with Gasteiger partial charge in [-0.15, -0.1) is 0 Å². The number of carbonyl (C=O) groups excluding carboxylic acids is 1. The fourth-order valence-electron chi connectivity index (χ4n) is 3.18. The van der Waals surface area contributed by atoms with Crippen molar-refractivity contribution in [1.82, 2.24) is 0 Å². The Morgan fingerprint density at radius 1 is 1.27 bits per heavy atom. The van der Waals surface area contributed by atoms with Crippen molar-refractivity contribution in [3.05, 3.63) is 0 Å². The molecule has 1 saturated heterocycles. The van der Waals surface area contributed by atoms with Crippen LogP contribution < -0.4 is 0 Å². The predicted octanol–water partition coefficient (Wildman–Crippen LogP) is 2.66. The van der Waals surface area contributed by atoms with Crippen LogP contribution in [0.1, 0.15) is 39.5 Å². The Morgan fingerprint density at radius 3 is 2.60 bits per heavy atom. The van der Waals surface area contributed by atoms with Crippen LogP contribution in [0.4, 0.5) is 0 Å². The van der Waals surface area contributed by atoms with Gasteiger partial charge in [0.15, 0.2) is 0 Å². The summed E-state index contributed by atoms with van der Waals surface area (Å²) in [5.74, 6) is 2.16. The highest BCUT2D eigenvalue weighted by atomic mass is 16.5. The molecule has 2 rings (SSSR count). The molecule has 0 bridgehead atoms. The Hall–Kier alpha value is -0.370. The van der Waals surface area contributed by atoms with E-state index in [0.29, 0.717) is 12.5 Å². The summed E-state index contributed by atoms with van der Waals surface area (Å²) < 4.78 is 5.44. The summed E-state index contributed by atoms with van der Waals surface area (Å²) in [4.78, 5) is 11.3. The molecule has 4 unspecified atom stereocenters. The lowest BCUT2D eigenvalue weighted by Gasteiger charge is -2.39. The molecule has 4 atom stereocenters. The summed E-state index contributed by atoms with van der Waals surface area (Å²) in [6, 6.07) is 0. The van der Waals surface area contributed by atoms with Crippen LogP contribution in [0, 0.1) is 23.2 Å². The van der Waals surface area contributed by atoms with E-state index in [9.17, 15) is 4.79 Å². The molecule has 2 nitrogen and oxygen atoms in total. The fraction of sp³-hybridized carbons (Fsp3) is 0.923. The van der Waals surface area contributed by atoms with Gasteiger partial charge < -0.3 is 9.53 Å². The van der Waals surface area contributed by atoms with Crippen molar-refractivity contribution < 1.29 is 9.53 Å². The average Bonchev–Trinajstić information content (AvgIpc) is 2.72. The molecule has 2 heteroatoms. The highest BCUT2D eigenvalue weighted by Crippen LogP contribution is 2.45. The maximum absolute atomic E-state index is 11.3. The van der Waals surface area contributed by atoms with Gasteiger partial charge in [-0.2, -0.15) is 0 Å². The zero-order valence-electron chi connectivity index (χ0n) is 9.87. The van der Waals surface area contributed by atoms with Gasteiger partial charge >= 0.3 is 0 Å². The lowest BCUT2D eigenvalue weighted by molar-refractivity contribution is -0.120. The quantitative estimate of drug-likeness (QED) is 0.655. The van der Waals surface area contributed by atoms with Crippen LogP contribution in [0.15, 0.2) is 0 Å². The van der Waals surface area contributed by atoms with Crippen molar-refractivity contribution in [3.63, 3.8) is 0 Å². The highest BCUT2D eigenvalue weighted by Gasteiger charge is 2.44.